The Labute approximate surface area is 131 Å². The molecule has 0 spiro atoms. The zero-order valence-corrected chi connectivity index (χ0v) is 13.0. The maximum absolute atomic E-state index is 8.96. The van der Waals surface area contributed by atoms with Crippen molar-refractivity contribution >= 4 is 0 Å². The van der Waals surface area contributed by atoms with Gasteiger partial charge in [-0.15, -0.1) is 0 Å². The molecule has 0 atom stereocenters. The number of fused-ring (bicyclic) bond motifs is 1. The lowest BCUT2D eigenvalue weighted by Gasteiger charge is -2.15. The lowest BCUT2D eigenvalue weighted by molar-refractivity contribution is 0.310. The Balaban J connectivity index is 1.68. The largest absolute Gasteiger partial charge is 0.295 e. The lowest BCUT2D eigenvalue weighted by atomic mass is 10.1. The molecule has 1 N–H and O–H groups in total. The highest BCUT2D eigenvalue weighted by Crippen LogP contribution is 2.22. The van der Waals surface area contributed by atoms with Crippen molar-refractivity contribution in [2.75, 3.05) is 7.05 Å². The minimum Gasteiger partial charge on any atom is -0.295 e. The van der Waals surface area contributed by atoms with E-state index in [2.05, 4.69) is 33.2 Å². The number of hydrogen-bond donors (Lipinski definition) is 1. The van der Waals surface area contributed by atoms with E-state index in [0.29, 0.717) is 5.56 Å². The van der Waals surface area contributed by atoms with E-state index >= 15 is 0 Å². The summed E-state index contributed by atoms with van der Waals surface area (Å²) in [6.45, 7) is 1.53. The van der Waals surface area contributed by atoms with E-state index in [1.165, 1.54) is 30.5 Å². The van der Waals surface area contributed by atoms with Crippen LogP contribution in [0.4, 0.5) is 0 Å². The van der Waals surface area contributed by atoms with Crippen LogP contribution in [0.15, 0.2) is 18.3 Å². The van der Waals surface area contributed by atoms with Gasteiger partial charge < -0.3 is 0 Å². The summed E-state index contributed by atoms with van der Waals surface area (Å²) in [6.07, 6.45) is 7.78. The molecule has 2 heterocycles. The molecular formula is C17H21N5. The number of pyridine rings is 1. The summed E-state index contributed by atoms with van der Waals surface area (Å²) in [4.78, 5) is 6.54. The van der Waals surface area contributed by atoms with Gasteiger partial charge >= 0.3 is 0 Å². The van der Waals surface area contributed by atoms with E-state index in [9.17, 15) is 0 Å². The molecule has 0 saturated carbocycles. The second kappa shape index (κ2) is 6.71. The number of aromatic amines is 1. The number of aromatic nitrogens is 3. The van der Waals surface area contributed by atoms with Gasteiger partial charge in [-0.2, -0.15) is 10.4 Å². The molecule has 0 radical (unpaired) electrons. The van der Waals surface area contributed by atoms with E-state index in [1.807, 2.05) is 6.07 Å². The number of rotatable bonds is 4. The van der Waals surface area contributed by atoms with Gasteiger partial charge in [-0.3, -0.25) is 15.0 Å². The molecule has 2 aromatic rings. The monoisotopic (exact) mass is 295 g/mol. The van der Waals surface area contributed by atoms with Gasteiger partial charge in [0.25, 0.3) is 0 Å². The van der Waals surface area contributed by atoms with E-state index in [0.717, 1.165) is 37.3 Å². The molecule has 5 heteroatoms. The van der Waals surface area contributed by atoms with E-state index < -0.39 is 0 Å². The fourth-order valence-corrected chi connectivity index (χ4v) is 3.08. The van der Waals surface area contributed by atoms with Gasteiger partial charge in [0.15, 0.2) is 0 Å². The highest BCUT2D eigenvalue weighted by molar-refractivity contribution is 5.29. The third-order valence-electron chi connectivity index (χ3n) is 4.19. The minimum atomic E-state index is 0.659. The summed E-state index contributed by atoms with van der Waals surface area (Å²) in [5.41, 5.74) is 5.49. The second-order valence-electron chi connectivity index (χ2n) is 6.01. The van der Waals surface area contributed by atoms with Crippen LogP contribution in [0.25, 0.3) is 0 Å². The van der Waals surface area contributed by atoms with Crippen LogP contribution in [0.2, 0.25) is 0 Å². The number of nitrogens with zero attached hydrogens (tertiary/aromatic N) is 4. The first-order valence-corrected chi connectivity index (χ1v) is 7.85. The van der Waals surface area contributed by atoms with Crippen LogP contribution in [-0.2, 0) is 25.9 Å². The molecule has 0 aliphatic heterocycles. The van der Waals surface area contributed by atoms with Gasteiger partial charge in [0, 0.05) is 25.0 Å². The zero-order valence-electron chi connectivity index (χ0n) is 13.0. The zero-order chi connectivity index (χ0) is 15.4. The average molecular weight is 295 g/mol. The standard InChI is InChI=1S/C17H21N5/c1-22(11-14-9-13(10-18)7-8-19-14)12-17-15-5-3-2-4-6-16(15)20-21-17/h7-9H,2-6,11-12H2,1H3,(H,20,21). The van der Waals surface area contributed by atoms with E-state index in [4.69, 9.17) is 5.26 Å². The summed E-state index contributed by atoms with van der Waals surface area (Å²) in [6, 6.07) is 5.74. The lowest BCUT2D eigenvalue weighted by Crippen LogP contribution is -2.19. The molecule has 114 valence electrons. The first-order chi connectivity index (χ1) is 10.8. The van der Waals surface area contributed by atoms with Crippen LogP contribution < -0.4 is 0 Å². The first-order valence-electron chi connectivity index (χ1n) is 7.85. The van der Waals surface area contributed by atoms with Crippen LogP contribution in [0.1, 0.15) is 47.5 Å². The highest BCUT2D eigenvalue weighted by Gasteiger charge is 2.16. The fourth-order valence-electron chi connectivity index (χ4n) is 3.08. The molecule has 22 heavy (non-hydrogen) atoms. The smallest absolute Gasteiger partial charge is 0.0992 e. The normalized spacial score (nSPS) is 14.4. The summed E-state index contributed by atoms with van der Waals surface area (Å²) in [5.74, 6) is 0. The summed E-state index contributed by atoms with van der Waals surface area (Å²) < 4.78 is 0. The quantitative estimate of drug-likeness (QED) is 0.880. The number of hydrogen-bond acceptors (Lipinski definition) is 4. The Morgan fingerprint density at radius 2 is 2.14 bits per heavy atom. The fraction of sp³-hybridized carbons (Fsp3) is 0.471. The molecular weight excluding hydrogens is 274 g/mol. The number of H-pyrrole nitrogens is 1. The van der Waals surface area contributed by atoms with Crippen molar-refractivity contribution in [2.45, 2.75) is 45.2 Å². The molecule has 0 aromatic carbocycles. The van der Waals surface area contributed by atoms with Gasteiger partial charge in [0.1, 0.15) is 0 Å². The second-order valence-corrected chi connectivity index (χ2v) is 6.01. The van der Waals surface area contributed by atoms with Gasteiger partial charge in [0.05, 0.1) is 23.0 Å². The van der Waals surface area contributed by atoms with Crippen LogP contribution >= 0.6 is 0 Å². The van der Waals surface area contributed by atoms with Crippen LogP contribution in [0.3, 0.4) is 0 Å². The molecule has 0 fully saturated rings. The van der Waals surface area contributed by atoms with Crippen molar-refractivity contribution < 1.29 is 0 Å². The van der Waals surface area contributed by atoms with Crippen molar-refractivity contribution in [3.8, 4) is 6.07 Å². The summed E-state index contributed by atoms with van der Waals surface area (Å²) >= 11 is 0. The third kappa shape index (κ3) is 3.34. The van der Waals surface area contributed by atoms with Crippen molar-refractivity contribution in [1.82, 2.24) is 20.1 Å². The van der Waals surface area contributed by atoms with Crippen molar-refractivity contribution in [2.24, 2.45) is 0 Å². The summed E-state index contributed by atoms with van der Waals surface area (Å²) in [7, 11) is 2.07. The van der Waals surface area contributed by atoms with Gasteiger partial charge in [-0.1, -0.05) is 6.42 Å². The van der Waals surface area contributed by atoms with E-state index in [-0.39, 0.29) is 0 Å². The molecule has 0 unspecified atom stereocenters. The predicted octanol–water partition coefficient (Wildman–Crippen LogP) is 2.58. The molecule has 0 amide bonds. The Bertz CT molecular complexity index is 683. The topological polar surface area (TPSA) is 68.6 Å². The van der Waals surface area contributed by atoms with E-state index in [1.54, 1.807) is 12.3 Å². The van der Waals surface area contributed by atoms with Gasteiger partial charge in [-0.25, -0.2) is 0 Å². The first kappa shape index (κ1) is 14.7. The number of nitriles is 1. The van der Waals surface area contributed by atoms with Crippen LogP contribution in [0.5, 0.6) is 0 Å². The summed E-state index contributed by atoms with van der Waals surface area (Å²) in [5, 5.41) is 16.7. The minimum absolute atomic E-state index is 0.659. The number of aryl methyl sites for hydroxylation is 1. The SMILES string of the molecule is CN(Cc1cc(C#N)ccn1)Cc1n[nH]c2c1CCCCC2. The third-order valence-corrected chi connectivity index (χ3v) is 4.19. The average Bonchev–Trinajstić information content (AvgIpc) is 2.75. The molecule has 5 nitrogen and oxygen atoms in total. The predicted molar refractivity (Wildman–Crippen MR) is 84.0 cm³/mol. The number of nitrogens with one attached hydrogen (secondary N) is 1. The maximum atomic E-state index is 8.96. The Morgan fingerprint density at radius 3 is 3.00 bits per heavy atom. The van der Waals surface area contributed by atoms with Gasteiger partial charge in [0.2, 0.25) is 0 Å². The van der Waals surface area contributed by atoms with Crippen molar-refractivity contribution in [1.29, 1.82) is 5.26 Å². The van der Waals surface area contributed by atoms with Crippen LogP contribution in [0, 0.1) is 11.3 Å². The Hall–Kier alpha value is -2.19. The molecule has 3 rings (SSSR count). The molecule has 0 bridgehead atoms. The molecule has 0 saturated heterocycles. The molecule has 2 aromatic heterocycles. The van der Waals surface area contributed by atoms with Gasteiger partial charge in [-0.05, 0) is 50.4 Å². The Morgan fingerprint density at radius 1 is 1.27 bits per heavy atom. The van der Waals surface area contributed by atoms with Crippen molar-refractivity contribution in [3.63, 3.8) is 0 Å². The Kier molecular flexibility index (Phi) is 4.50. The molecule has 1 aliphatic rings. The van der Waals surface area contributed by atoms with Crippen LogP contribution in [-0.4, -0.2) is 27.1 Å². The molecule has 1 aliphatic carbocycles. The maximum Gasteiger partial charge on any atom is 0.0992 e. The van der Waals surface area contributed by atoms with Crippen molar-refractivity contribution in [3.05, 3.63) is 46.5 Å². The highest BCUT2D eigenvalue weighted by atomic mass is 15.2.